The van der Waals surface area contributed by atoms with Crippen LogP contribution in [0.15, 0.2) is 29.2 Å². The van der Waals surface area contributed by atoms with Crippen LogP contribution in [0, 0.1) is 0 Å². The Morgan fingerprint density at radius 3 is 2.62 bits per heavy atom. The van der Waals surface area contributed by atoms with E-state index < -0.39 is 0 Å². The molecule has 0 unspecified atom stereocenters. The normalized spacial score (nSPS) is 10.5. The van der Waals surface area contributed by atoms with Gasteiger partial charge in [-0.25, -0.2) is 4.68 Å². The van der Waals surface area contributed by atoms with Gasteiger partial charge in [-0.1, -0.05) is 13.8 Å². The SMILES string of the molecule is CCCn1ncc(NCc2ccc(OC)cc2OC)c(CC)c1=O. The van der Waals surface area contributed by atoms with Gasteiger partial charge in [0, 0.05) is 30.3 Å². The van der Waals surface area contributed by atoms with Crippen LogP contribution in [0.3, 0.4) is 0 Å². The van der Waals surface area contributed by atoms with Crippen molar-refractivity contribution in [1.29, 1.82) is 0 Å². The Balaban J connectivity index is 2.23. The number of rotatable bonds is 8. The van der Waals surface area contributed by atoms with Crippen molar-refractivity contribution in [3.05, 3.63) is 45.9 Å². The maximum Gasteiger partial charge on any atom is 0.272 e. The maximum atomic E-state index is 12.4. The molecular weight excluding hydrogens is 306 g/mol. The highest BCUT2D eigenvalue weighted by Crippen LogP contribution is 2.25. The van der Waals surface area contributed by atoms with Crippen molar-refractivity contribution in [3.8, 4) is 11.5 Å². The number of aryl methyl sites for hydroxylation is 1. The maximum absolute atomic E-state index is 12.4. The van der Waals surface area contributed by atoms with E-state index in [1.165, 1.54) is 4.68 Å². The van der Waals surface area contributed by atoms with Gasteiger partial charge in [0.25, 0.3) is 5.56 Å². The van der Waals surface area contributed by atoms with Crippen molar-refractivity contribution >= 4 is 5.69 Å². The number of ether oxygens (including phenoxy) is 2. The van der Waals surface area contributed by atoms with Crippen LogP contribution in [-0.4, -0.2) is 24.0 Å². The minimum Gasteiger partial charge on any atom is -0.497 e. The Morgan fingerprint density at radius 1 is 1.21 bits per heavy atom. The summed E-state index contributed by atoms with van der Waals surface area (Å²) in [7, 11) is 3.25. The van der Waals surface area contributed by atoms with Gasteiger partial charge in [-0.2, -0.15) is 5.10 Å². The van der Waals surface area contributed by atoms with Gasteiger partial charge < -0.3 is 14.8 Å². The molecule has 2 aromatic rings. The molecule has 0 aliphatic carbocycles. The second-order valence-corrected chi connectivity index (χ2v) is 5.45. The van der Waals surface area contributed by atoms with Gasteiger partial charge in [0.2, 0.25) is 0 Å². The highest BCUT2D eigenvalue weighted by atomic mass is 16.5. The number of benzene rings is 1. The van der Waals surface area contributed by atoms with E-state index in [9.17, 15) is 4.79 Å². The number of anilines is 1. The van der Waals surface area contributed by atoms with Crippen LogP contribution >= 0.6 is 0 Å². The molecule has 0 fully saturated rings. The molecule has 130 valence electrons. The van der Waals surface area contributed by atoms with E-state index >= 15 is 0 Å². The molecule has 0 radical (unpaired) electrons. The number of aromatic nitrogens is 2. The average Bonchev–Trinajstić information content (AvgIpc) is 2.61. The minimum absolute atomic E-state index is 0.0222. The molecule has 1 N–H and O–H groups in total. The van der Waals surface area contributed by atoms with E-state index in [2.05, 4.69) is 10.4 Å². The van der Waals surface area contributed by atoms with Gasteiger partial charge in [-0.05, 0) is 25.0 Å². The lowest BCUT2D eigenvalue weighted by Crippen LogP contribution is -2.27. The summed E-state index contributed by atoms with van der Waals surface area (Å²) in [6, 6.07) is 5.68. The lowest BCUT2D eigenvalue weighted by Gasteiger charge is -2.14. The number of nitrogens with one attached hydrogen (secondary N) is 1. The summed E-state index contributed by atoms with van der Waals surface area (Å²) in [5.41, 5.74) is 2.49. The molecule has 1 aromatic heterocycles. The molecule has 0 aliphatic heterocycles. The summed E-state index contributed by atoms with van der Waals surface area (Å²) < 4.78 is 12.1. The van der Waals surface area contributed by atoms with Crippen molar-refractivity contribution in [2.45, 2.75) is 39.8 Å². The zero-order valence-corrected chi connectivity index (χ0v) is 14.8. The second kappa shape index (κ2) is 8.38. The Hall–Kier alpha value is -2.50. The fourth-order valence-electron chi connectivity index (χ4n) is 2.58. The van der Waals surface area contributed by atoms with E-state index in [0.29, 0.717) is 19.5 Å². The first-order valence-corrected chi connectivity index (χ1v) is 8.18. The van der Waals surface area contributed by atoms with Crippen LogP contribution in [0.5, 0.6) is 11.5 Å². The first-order valence-electron chi connectivity index (χ1n) is 8.18. The fourth-order valence-corrected chi connectivity index (χ4v) is 2.58. The van der Waals surface area contributed by atoms with Gasteiger partial charge in [-0.15, -0.1) is 0 Å². The Bertz CT molecular complexity index is 741. The third kappa shape index (κ3) is 3.88. The lowest BCUT2D eigenvalue weighted by atomic mass is 10.1. The molecule has 0 saturated heterocycles. The molecule has 6 heteroatoms. The molecule has 6 nitrogen and oxygen atoms in total. The summed E-state index contributed by atoms with van der Waals surface area (Å²) in [6.45, 7) is 5.19. The first-order chi connectivity index (χ1) is 11.6. The van der Waals surface area contributed by atoms with Gasteiger partial charge in [0.1, 0.15) is 11.5 Å². The number of hydrogen-bond acceptors (Lipinski definition) is 5. The van der Waals surface area contributed by atoms with Crippen molar-refractivity contribution < 1.29 is 9.47 Å². The quantitative estimate of drug-likeness (QED) is 0.806. The van der Waals surface area contributed by atoms with Crippen LogP contribution in [0.1, 0.15) is 31.4 Å². The molecule has 0 aliphatic rings. The average molecular weight is 331 g/mol. The van der Waals surface area contributed by atoms with Crippen LogP contribution in [0.2, 0.25) is 0 Å². The number of nitrogens with zero attached hydrogens (tertiary/aromatic N) is 2. The van der Waals surface area contributed by atoms with E-state index in [1.54, 1.807) is 20.4 Å². The molecule has 0 spiro atoms. The predicted molar refractivity (Wildman–Crippen MR) is 95.0 cm³/mol. The van der Waals surface area contributed by atoms with Gasteiger partial charge in [0.15, 0.2) is 0 Å². The first kappa shape index (κ1) is 17.8. The molecular formula is C18H25N3O3. The Morgan fingerprint density at radius 2 is 2.00 bits per heavy atom. The van der Waals surface area contributed by atoms with Crippen molar-refractivity contribution in [1.82, 2.24) is 9.78 Å². The largest absolute Gasteiger partial charge is 0.497 e. The van der Waals surface area contributed by atoms with E-state index in [4.69, 9.17) is 9.47 Å². The topological polar surface area (TPSA) is 65.4 Å². The highest BCUT2D eigenvalue weighted by molar-refractivity contribution is 5.50. The second-order valence-electron chi connectivity index (χ2n) is 5.45. The summed E-state index contributed by atoms with van der Waals surface area (Å²) in [4.78, 5) is 12.4. The van der Waals surface area contributed by atoms with Crippen molar-refractivity contribution in [2.75, 3.05) is 19.5 Å². The van der Waals surface area contributed by atoms with Crippen LogP contribution in [0.4, 0.5) is 5.69 Å². The van der Waals surface area contributed by atoms with Gasteiger partial charge in [-0.3, -0.25) is 4.79 Å². The smallest absolute Gasteiger partial charge is 0.272 e. The van der Waals surface area contributed by atoms with E-state index in [1.807, 2.05) is 32.0 Å². The van der Waals surface area contributed by atoms with E-state index in [0.717, 1.165) is 34.7 Å². The van der Waals surface area contributed by atoms with E-state index in [-0.39, 0.29) is 5.56 Å². The van der Waals surface area contributed by atoms with Crippen molar-refractivity contribution in [2.24, 2.45) is 0 Å². The zero-order chi connectivity index (χ0) is 17.5. The number of methoxy groups -OCH3 is 2. The van der Waals surface area contributed by atoms with Crippen molar-refractivity contribution in [3.63, 3.8) is 0 Å². The summed E-state index contributed by atoms with van der Waals surface area (Å²) in [6.07, 6.45) is 3.27. The molecule has 0 amide bonds. The van der Waals surface area contributed by atoms with Crippen LogP contribution in [-0.2, 0) is 19.5 Å². The fraction of sp³-hybridized carbons (Fsp3) is 0.444. The minimum atomic E-state index is -0.0222. The van der Waals surface area contributed by atoms with Gasteiger partial charge in [0.05, 0.1) is 26.1 Å². The molecule has 24 heavy (non-hydrogen) atoms. The van der Waals surface area contributed by atoms with Crippen LogP contribution < -0.4 is 20.3 Å². The Labute approximate surface area is 142 Å². The Kier molecular flexibility index (Phi) is 6.23. The molecule has 2 rings (SSSR count). The third-order valence-electron chi connectivity index (χ3n) is 3.90. The highest BCUT2D eigenvalue weighted by Gasteiger charge is 2.11. The monoisotopic (exact) mass is 331 g/mol. The molecule has 0 atom stereocenters. The number of hydrogen-bond donors (Lipinski definition) is 1. The summed E-state index contributed by atoms with van der Waals surface area (Å²) in [5, 5.41) is 7.56. The lowest BCUT2D eigenvalue weighted by molar-refractivity contribution is 0.391. The van der Waals surface area contributed by atoms with Crippen LogP contribution in [0.25, 0.3) is 0 Å². The predicted octanol–water partition coefficient (Wildman–Crippen LogP) is 2.85. The molecule has 1 heterocycles. The molecule has 0 saturated carbocycles. The molecule has 0 bridgehead atoms. The zero-order valence-electron chi connectivity index (χ0n) is 14.8. The summed E-state index contributed by atoms with van der Waals surface area (Å²) in [5.74, 6) is 1.49. The van der Waals surface area contributed by atoms with Gasteiger partial charge >= 0.3 is 0 Å². The standard InChI is InChI=1S/C18H25N3O3/c1-5-9-21-18(22)15(6-2)16(12-20-21)19-11-13-7-8-14(23-3)10-17(13)24-4/h7-8,10,12,19H,5-6,9,11H2,1-4H3. The third-order valence-corrected chi connectivity index (χ3v) is 3.90. The summed E-state index contributed by atoms with van der Waals surface area (Å²) >= 11 is 0. The molecule has 1 aromatic carbocycles.